The van der Waals surface area contributed by atoms with Crippen molar-refractivity contribution in [2.75, 3.05) is 5.32 Å². The van der Waals surface area contributed by atoms with E-state index in [-0.39, 0.29) is 11.7 Å². The Balaban J connectivity index is 2.09. The van der Waals surface area contributed by atoms with Crippen molar-refractivity contribution in [2.24, 2.45) is 16.7 Å². The normalized spacial score (nSPS) is 25.4. The van der Waals surface area contributed by atoms with Crippen molar-refractivity contribution in [3.05, 3.63) is 24.3 Å². The Morgan fingerprint density at radius 2 is 1.76 bits per heavy atom. The summed E-state index contributed by atoms with van der Waals surface area (Å²) in [4.78, 5) is 24.1. The lowest BCUT2D eigenvalue weighted by Gasteiger charge is -2.37. The first-order valence-electron chi connectivity index (χ1n) is 7.77. The maximum Gasteiger partial charge on any atom is 0.573 e. The predicted molar refractivity (Wildman–Crippen MR) is 84.0 cm³/mol. The van der Waals surface area contributed by atoms with Gasteiger partial charge in [0.05, 0.1) is 5.41 Å². The van der Waals surface area contributed by atoms with E-state index < -0.39 is 29.1 Å². The number of halogens is 3. The van der Waals surface area contributed by atoms with Crippen LogP contribution < -0.4 is 10.1 Å². The van der Waals surface area contributed by atoms with Crippen LogP contribution in [0.1, 0.15) is 33.6 Å². The Morgan fingerprint density at radius 3 is 2.20 bits per heavy atom. The standard InChI is InChI=1S/C17H20F3NO4/c1-15(2)12(8-9-16(15,3)14(23)24)13(22)21-10-4-6-11(7-5-10)25-17(18,19)20/h4-7,12H,8-9H2,1-3H3,(H,21,22)(H,23,24)/t12-,16+/m1/s1. The first kappa shape index (κ1) is 19.1. The molecule has 0 heterocycles. The quantitative estimate of drug-likeness (QED) is 0.850. The van der Waals surface area contributed by atoms with Gasteiger partial charge in [0.25, 0.3) is 0 Å². The van der Waals surface area contributed by atoms with E-state index in [1.807, 2.05) is 0 Å². The van der Waals surface area contributed by atoms with Crippen LogP contribution in [0.4, 0.5) is 18.9 Å². The van der Waals surface area contributed by atoms with Gasteiger partial charge in [0, 0.05) is 11.6 Å². The number of benzene rings is 1. The number of hydrogen-bond donors (Lipinski definition) is 2. The monoisotopic (exact) mass is 359 g/mol. The van der Waals surface area contributed by atoms with Crippen LogP contribution in [-0.4, -0.2) is 23.3 Å². The predicted octanol–water partition coefficient (Wildman–Crippen LogP) is 4.05. The maximum atomic E-state index is 12.5. The molecule has 1 aromatic rings. The highest BCUT2D eigenvalue weighted by Gasteiger charge is 2.58. The van der Waals surface area contributed by atoms with Crippen molar-refractivity contribution in [2.45, 2.75) is 40.0 Å². The summed E-state index contributed by atoms with van der Waals surface area (Å²) in [5.41, 5.74) is -1.46. The van der Waals surface area contributed by atoms with Crippen molar-refractivity contribution in [3.8, 4) is 5.75 Å². The van der Waals surface area contributed by atoms with E-state index in [2.05, 4.69) is 10.1 Å². The average molecular weight is 359 g/mol. The molecule has 8 heteroatoms. The molecule has 0 aromatic heterocycles. The molecule has 1 aliphatic carbocycles. The number of carboxylic acid groups (broad SMARTS) is 1. The largest absolute Gasteiger partial charge is 0.573 e. The molecule has 0 bridgehead atoms. The fraction of sp³-hybridized carbons (Fsp3) is 0.529. The van der Waals surface area contributed by atoms with Crippen LogP contribution >= 0.6 is 0 Å². The summed E-state index contributed by atoms with van der Waals surface area (Å²) in [6, 6.07) is 4.81. The summed E-state index contributed by atoms with van der Waals surface area (Å²) in [5, 5.41) is 12.1. The summed E-state index contributed by atoms with van der Waals surface area (Å²) >= 11 is 0. The summed E-state index contributed by atoms with van der Waals surface area (Å²) in [7, 11) is 0. The lowest BCUT2D eigenvalue weighted by atomic mass is 9.65. The number of amides is 1. The molecule has 2 N–H and O–H groups in total. The fourth-order valence-corrected chi connectivity index (χ4v) is 3.31. The number of aliphatic carboxylic acids is 1. The van der Waals surface area contributed by atoms with Crippen molar-refractivity contribution < 1.29 is 32.6 Å². The van der Waals surface area contributed by atoms with E-state index in [1.54, 1.807) is 20.8 Å². The lowest BCUT2D eigenvalue weighted by Crippen LogP contribution is -2.43. The maximum absolute atomic E-state index is 12.5. The first-order chi connectivity index (χ1) is 11.4. The third-order valence-corrected chi connectivity index (χ3v) is 5.37. The Bertz CT molecular complexity index is 669. The third kappa shape index (κ3) is 3.72. The van der Waals surface area contributed by atoms with Gasteiger partial charge in [-0.3, -0.25) is 9.59 Å². The molecule has 0 spiro atoms. The van der Waals surface area contributed by atoms with E-state index in [4.69, 9.17) is 0 Å². The van der Waals surface area contributed by atoms with E-state index in [0.29, 0.717) is 18.5 Å². The lowest BCUT2D eigenvalue weighted by molar-refractivity contribution is -0.274. The number of ether oxygens (including phenoxy) is 1. The van der Waals surface area contributed by atoms with Gasteiger partial charge in [-0.05, 0) is 49.4 Å². The molecule has 0 unspecified atom stereocenters. The fourth-order valence-electron chi connectivity index (χ4n) is 3.31. The molecular formula is C17H20F3NO4. The topological polar surface area (TPSA) is 75.6 Å². The highest BCUT2D eigenvalue weighted by Crippen LogP contribution is 2.56. The van der Waals surface area contributed by atoms with E-state index in [9.17, 15) is 27.9 Å². The smallest absolute Gasteiger partial charge is 0.481 e. The van der Waals surface area contributed by atoms with Crippen molar-refractivity contribution in [1.82, 2.24) is 0 Å². The van der Waals surface area contributed by atoms with Gasteiger partial charge in [-0.25, -0.2) is 0 Å². The number of carbonyl (C=O) groups excluding carboxylic acids is 1. The number of anilines is 1. The van der Waals surface area contributed by atoms with Crippen LogP contribution in [0.15, 0.2) is 24.3 Å². The van der Waals surface area contributed by atoms with Gasteiger partial charge >= 0.3 is 12.3 Å². The molecule has 1 saturated carbocycles. The molecule has 1 fully saturated rings. The Labute approximate surface area is 143 Å². The van der Waals surface area contributed by atoms with Crippen LogP contribution in [0.25, 0.3) is 0 Å². The number of rotatable bonds is 4. The highest BCUT2D eigenvalue weighted by atomic mass is 19.4. The number of carboxylic acids is 1. The first-order valence-corrected chi connectivity index (χ1v) is 7.77. The van der Waals surface area contributed by atoms with Crippen LogP contribution in [0, 0.1) is 16.7 Å². The molecular weight excluding hydrogens is 339 g/mol. The molecule has 1 aliphatic rings. The third-order valence-electron chi connectivity index (χ3n) is 5.37. The summed E-state index contributed by atoms with van der Waals surface area (Å²) in [6.07, 6.45) is -3.97. The van der Waals surface area contributed by atoms with Gasteiger partial charge in [-0.15, -0.1) is 13.2 Å². The average Bonchev–Trinajstić information content (AvgIpc) is 2.71. The van der Waals surface area contributed by atoms with Crippen molar-refractivity contribution in [3.63, 3.8) is 0 Å². The molecule has 0 saturated heterocycles. The van der Waals surface area contributed by atoms with Crippen LogP contribution in [0.3, 0.4) is 0 Å². The van der Waals surface area contributed by atoms with Crippen LogP contribution in [0.5, 0.6) is 5.75 Å². The summed E-state index contributed by atoms with van der Waals surface area (Å²) in [6.45, 7) is 5.13. The van der Waals surface area contributed by atoms with Crippen LogP contribution in [0.2, 0.25) is 0 Å². The Morgan fingerprint density at radius 1 is 1.20 bits per heavy atom. The summed E-state index contributed by atoms with van der Waals surface area (Å²) in [5.74, 6) is -2.19. The van der Waals surface area contributed by atoms with Crippen molar-refractivity contribution >= 4 is 17.6 Å². The molecule has 0 aliphatic heterocycles. The van der Waals surface area contributed by atoms with Crippen LogP contribution in [-0.2, 0) is 9.59 Å². The Hall–Kier alpha value is -2.25. The molecule has 2 rings (SSSR count). The van der Waals surface area contributed by atoms with Gasteiger partial charge in [-0.2, -0.15) is 0 Å². The summed E-state index contributed by atoms with van der Waals surface area (Å²) < 4.78 is 40.2. The SMILES string of the molecule is CC1(C)[C@@H](C(=O)Nc2ccc(OC(F)(F)F)cc2)CC[C@@]1(C)C(=O)O. The number of hydrogen-bond acceptors (Lipinski definition) is 3. The second-order valence-electron chi connectivity index (χ2n) is 7.01. The van der Waals surface area contributed by atoms with E-state index in [1.165, 1.54) is 12.1 Å². The van der Waals surface area contributed by atoms with Gasteiger partial charge in [0.15, 0.2) is 0 Å². The number of nitrogens with one attached hydrogen (secondary N) is 1. The molecule has 1 amide bonds. The zero-order valence-corrected chi connectivity index (χ0v) is 14.1. The molecule has 2 atom stereocenters. The number of carbonyl (C=O) groups is 2. The molecule has 25 heavy (non-hydrogen) atoms. The minimum absolute atomic E-state index is 0.319. The van der Waals surface area contributed by atoms with E-state index >= 15 is 0 Å². The number of alkyl halides is 3. The molecule has 138 valence electrons. The zero-order valence-electron chi connectivity index (χ0n) is 14.1. The minimum Gasteiger partial charge on any atom is -0.481 e. The highest BCUT2D eigenvalue weighted by molar-refractivity contribution is 5.94. The molecule has 0 radical (unpaired) electrons. The Kier molecular flexibility index (Phi) is 4.76. The van der Waals surface area contributed by atoms with E-state index in [0.717, 1.165) is 12.1 Å². The van der Waals surface area contributed by atoms with Gasteiger partial charge in [0.1, 0.15) is 5.75 Å². The van der Waals surface area contributed by atoms with Crippen molar-refractivity contribution in [1.29, 1.82) is 0 Å². The van der Waals surface area contributed by atoms with Gasteiger partial charge in [0.2, 0.25) is 5.91 Å². The second kappa shape index (κ2) is 6.24. The minimum atomic E-state index is -4.78. The zero-order chi connectivity index (χ0) is 19.0. The second-order valence-corrected chi connectivity index (χ2v) is 7.01. The molecule has 5 nitrogen and oxygen atoms in total. The van der Waals surface area contributed by atoms with Gasteiger partial charge < -0.3 is 15.2 Å². The van der Waals surface area contributed by atoms with Gasteiger partial charge in [-0.1, -0.05) is 13.8 Å². The molecule has 1 aromatic carbocycles.